The molecule has 1 unspecified atom stereocenters. The van der Waals surface area contributed by atoms with Gasteiger partial charge in [0.2, 0.25) is 0 Å². The number of anilines is 1. The first-order chi connectivity index (χ1) is 14.2. The molecule has 29 heavy (non-hydrogen) atoms. The summed E-state index contributed by atoms with van der Waals surface area (Å²) in [4.78, 5) is 16.2. The van der Waals surface area contributed by atoms with Crippen molar-refractivity contribution in [2.45, 2.75) is 51.5 Å². The lowest BCUT2D eigenvalue weighted by Crippen LogP contribution is -2.04. The van der Waals surface area contributed by atoms with Crippen molar-refractivity contribution in [1.29, 1.82) is 0 Å². The predicted molar refractivity (Wildman–Crippen MR) is 125 cm³/mol. The minimum Gasteiger partial charge on any atom is -0.366 e. The van der Waals surface area contributed by atoms with Crippen LogP contribution in [0.1, 0.15) is 58.8 Å². The number of H-pyrrole nitrogens is 2. The van der Waals surface area contributed by atoms with Crippen LogP contribution in [0, 0.1) is 0 Å². The van der Waals surface area contributed by atoms with Crippen LogP contribution in [-0.2, 0) is 19.4 Å². The van der Waals surface area contributed by atoms with Crippen LogP contribution in [0.2, 0.25) is 0 Å². The molecular formula is C23H34N6. The summed E-state index contributed by atoms with van der Waals surface area (Å²) in [7, 11) is 0. The van der Waals surface area contributed by atoms with Gasteiger partial charge in [0.1, 0.15) is 17.1 Å². The molecule has 1 aliphatic rings. The van der Waals surface area contributed by atoms with Gasteiger partial charge in [-0.05, 0) is 79.5 Å². The molecule has 4 aromatic rings. The van der Waals surface area contributed by atoms with Gasteiger partial charge >= 0.3 is 0 Å². The Bertz CT molecular complexity index is 1170. The number of rotatable bonds is 6. The molecule has 5 rings (SSSR count). The SMILES string of the molecule is CC(CCN)c1c[nH]c2ncc(CNc3ccc4c5c([nH]c4n3)CCCC5)cc12.[HH].[HH].[HH]. The second-order valence-electron chi connectivity index (χ2n) is 8.20. The minimum absolute atomic E-state index is 0. The molecule has 6 nitrogen and oxygen atoms in total. The van der Waals surface area contributed by atoms with E-state index in [1.54, 1.807) is 0 Å². The Kier molecular flexibility index (Phi) is 4.72. The summed E-state index contributed by atoms with van der Waals surface area (Å²) < 4.78 is 0. The molecule has 1 atom stereocenters. The van der Waals surface area contributed by atoms with Crippen molar-refractivity contribution in [3.05, 3.63) is 53.0 Å². The predicted octanol–water partition coefficient (Wildman–Crippen LogP) is 5.12. The Morgan fingerprint density at radius 3 is 3.00 bits per heavy atom. The van der Waals surface area contributed by atoms with Crippen LogP contribution >= 0.6 is 0 Å². The summed E-state index contributed by atoms with van der Waals surface area (Å²) in [6, 6.07) is 6.51. The Balaban J connectivity index is 0.00000121. The Morgan fingerprint density at radius 1 is 1.21 bits per heavy atom. The molecule has 4 heterocycles. The number of aryl methyl sites for hydroxylation is 2. The summed E-state index contributed by atoms with van der Waals surface area (Å²) in [6.45, 7) is 3.60. The maximum atomic E-state index is 5.75. The lowest BCUT2D eigenvalue weighted by Gasteiger charge is -2.10. The van der Waals surface area contributed by atoms with Gasteiger partial charge < -0.3 is 21.0 Å². The molecule has 0 radical (unpaired) electrons. The van der Waals surface area contributed by atoms with Crippen molar-refractivity contribution in [3.63, 3.8) is 0 Å². The second-order valence-corrected chi connectivity index (χ2v) is 8.20. The van der Waals surface area contributed by atoms with Crippen LogP contribution < -0.4 is 11.1 Å². The molecule has 0 amide bonds. The van der Waals surface area contributed by atoms with Gasteiger partial charge in [-0.15, -0.1) is 0 Å². The Hall–Kier alpha value is -2.86. The van der Waals surface area contributed by atoms with Gasteiger partial charge in [0, 0.05) is 39.7 Å². The highest BCUT2D eigenvalue weighted by Gasteiger charge is 2.16. The van der Waals surface area contributed by atoms with Gasteiger partial charge in [-0.1, -0.05) is 6.92 Å². The van der Waals surface area contributed by atoms with E-state index < -0.39 is 0 Å². The van der Waals surface area contributed by atoms with Gasteiger partial charge in [-0.2, -0.15) is 0 Å². The van der Waals surface area contributed by atoms with E-state index in [0.717, 1.165) is 41.9 Å². The minimum atomic E-state index is 0. The molecule has 0 aliphatic heterocycles. The van der Waals surface area contributed by atoms with Crippen LogP contribution in [0.4, 0.5) is 5.82 Å². The van der Waals surface area contributed by atoms with Crippen molar-refractivity contribution in [3.8, 4) is 0 Å². The topological polar surface area (TPSA) is 95.4 Å². The second kappa shape index (κ2) is 7.52. The van der Waals surface area contributed by atoms with Crippen molar-refractivity contribution in [1.82, 2.24) is 19.9 Å². The van der Waals surface area contributed by atoms with Crippen molar-refractivity contribution in [2.24, 2.45) is 5.73 Å². The zero-order valence-electron chi connectivity index (χ0n) is 16.9. The number of pyridine rings is 2. The van der Waals surface area contributed by atoms with E-state index in [-0.39, 0.29) is 4.28 Å². The number of hydrogen-bond donors (Lipinski definition) is 4. The van der Waals surface area contributed by atoms with Gasteiger partial charge in [0.25, 0.3) is 0 Å². The average molecular weight is 395 g/mol. The number of fused-ring (bicyclic) bond motifs is 4. The van der Waals surface area contributed by atoms with Crippen LogP contribution in [0.5, 0.6) is 0 Å². The Labute approximate surface area is 174 Å². The van der Waals surface area contributed by atoms with E-state index in [1.165, 1.54) is 40.4 Å². The smallest absolute Gasteiger partial charge is 0.140 e. The normalized spacial score (nSPS) is 15.0. The average Bonchev–Trinajstić information content (AvgIpc) is 3.33. The van der Waals surface area contributed by atoms with E-state index in [9.17, 15) is 0 Å². The van der Waals surface area contributed by atoms with Gasteiger partial charge in [0.15, 0.2) is 0 Å². The molecule has 0 bridgehead atoms. The first-order valence-electron chi connectivity index (χ1n) is 10.6. The first-order valence-corrected chi connectivity index (χ1v) is 10.6. The van der Waals surface area contributed by atoms with E-state index in [1.807, 2.05) is 6.20 Å². The molecule has 1 aliphatic carbocycles. The zero-order chi connectivity index (χ0) is 19.8. The maximum absolute atomic E-state index is 5.75. The lowest BCUT2D eigenvalue weighted by molar-refractivity contribution is 0.680. The number of aromatic amines is 2. The number of hydrogen-bond acceptors (Lipinski definition) is 4. The molecule has 0 spiro atoms. The van der Waals surface area contributed by atoms with E-state index in [0.29, 0.717) is 19.0 Å². The van der Waals surface area contributed by atoms with Gasteiger partial charge in [0.05, 0.1) is 0 Å². The molecule has 156 valence electrons. The fourth-order valence-electron chi connectivity index (χ4n) is 4.55. The van der Waals surface area contributed by atoms with Crippen molar-refractivity contribution >= 4 is 27.9 Å². The van der Waals surface area contributed by atoms with Crippen LogP contribution in [-0.4, -0.2) is 26.5 Å². The number of nitrogens with two attached hydrogens (primary N) is 1. The maximum Gasteiger partial charge on any atom is 0.140 e. The molecule has 6 heteroatoms. The summed E-state index contributed by atoms with van der Waals surface area (Å²) >= 11 is 0. The molecular weight excluding hydrogens is 360 g/mol. The van der Waals surface area contributed by atoms with Gasteiger partial charge in [-0.25, -0.2) is 9.97 Å². The van der Waals surface area contributed by atoms with Crippen LogP contribution in [0.3, 0.4) is 0 Å². The van der Waals surface area contributed by atoms with Crippen molar-refractivity contribution < 1.29 is 4.28 Å². The highest BCUT2D eigenvalue weighted by Crippen LogP contribution is 2.29. The number of nitrogens with one attached hydrogen (secondary N) is 3. The van der Waals surface area contributed by atoms with E-state index in [2.05, 4.69) is 51.6 Å². The first kappa shape index (κ1) is 18.2. The van der Waals surface area contributed by atoms with Crippen molar-refractivity contribution in [2.75, 3.05) is 11.9 Å². The standard InChI is InChI=1S/C23H28N6.3H2/c1-14(8-9-24)19-13-27-22-18(19)10-15(12-26-22)11-25-21-7-6-17-16-4-2-3-5-20(16)28-23(17)29-21;;;/h6-7,10,12-14H,2-5,8-9,11,24H2,1H3,(H,26,27)(H2,25,28,29);3*1H. The Morgan fingerprint density at radius 2 is 2.10 bits per heavy atom. The van der Waals surface area contributed by atoms with E-state index in [4.69, 9.17) is 10.7 Å². The summed E-state index contributed by atoms with van der Waals surface area (Å²) in [6.07, 6.45) is 9.82. The monoisotopic (exact) mass is 394 g/mol. The third-order valence-corrected chi connectivity index (χ3v) is 6.18. The highest BCUT2D eigenvalue weighted by atomic mass is 15.0. The molecule has 5 N–H and O–H groups in total. The summed E-state index contributed by atoms with van der Waals surface area (Å²) in [5, 5.41) is 5.93. The summed E-state index contributed by atoms with van der Waals surface area (Å²) in [5.41, 5.74) is 13.0. The molecule has 0 fully saturated rings. The molecule has 0 saturated carbocycles. The quantitative estimate of drug-likeness (QED) is 0.365. The fraction of sp³-hybridized carbons (Fsp3) is 0.391. The third-order valence-electron chi connectivity index (χ3n) is 6.18. The zero-order valence-corrected chi connectivity index (χ0v) is 16.9. The largest absolute Gasteiger partial charge is 0.366 e. The highest BCUT2D eigenvalue weighted by molar-refractivity contribution is 5.83. The number of aromatic nitrogens is 4. The lowest BCUT2D eigenvalue weighted by atomic mass is 9.96. The van der Waals surface area contributed by atoms with E-state index >= 15 is 0 Å². The molecule has 4 aromatic heterocycles. The summed E-state index contributed by atoms with van der Waals surface area (Å²) in [5.74, 6) is 1.31. The molecule has 0 saturated heterocycles. The van der Waals surface area contributed by atoms with Crippen LogP contribution in [0.15, 0.2) is 30.6 Å². The van der Waals surface area contributed by atoms with Crippen LogP contribution in [0.25, 0.3) is 22.1 Å². The third kappa shape index (κ3) is 3.38. The van der Waals surface area contributed by atoms with Gasteiger partial charge in [-0.3, -0.25) is 0 Å². The number of nitrogens with zero attached hydrogens (tertiary/aromatic N) is 2. The molecule has 0 aromatic carbocycles. The fourth-order valence-corrected chi connectivity index (χ4v) is 4.55.